The molecule has 0 aliphatic rings. The van der Waals surface area contributed by atoms with Gasteiger partial charge in [0.25, 0.3) is 5.69 Å². The van der Waals surface area contributed by atoms with Crippen molar-refractivity contribution in [1.29, 1.82) is 0 Å². The lowest BCUT2D eigenvalue weighted by Gasteiger charge is -2.11. The van der Waals surface area contributed by atoms with E-state index >= 15 is 0 Å². The number of nitro groups is 1. The van der Waals surface area contributed by atoms with Crippen LogP contribution in [0.4, 0.5) is 5.69 Å². The summed E-state index contributed by atoms with van der Waals surface area (Å²) in [7, 11) is 0. The number of aliphatic hydroxyl groups is 1. The molecule has 7 heteroatoms. The number of benzene rings is 2. The minimum Gasteiger partial charge on any atom is -0.455 e. The van der Waals surface area contributed by atoms with Gasteiger partial charge < -0.3 is 9.84 Å². The summed E-state index contributed by atoms with van der Waals surface area (Å²) in [6.07, 6.45) is 0. The van der Waals surface area contributed by atoms with Gasteiger partial charge in [-0.25, -0.2) is 0 Å². The van der Waals surface area contributed by atoms with E-state index in [1.807, 2.05) is 0 Å². The molecule has 0 heterocycles. The summed E-state index contributed by atoms with van der Waals surface area (Å²) >= 11 is 11.8. The first-order valence-electron chi connectivity index (χ1n) is 5.52. The third kappa shape index (κ3) is 3.19. The molecular formula is C13H9Cl2NO4. The molecule has 2 aromatic rings. The van der Waals surface area contributed by atoms with Crippen LogP contribution in [0.2, 0.25) is 10.0 Å². The van der Waals surface area contributed by atoms with Crippen molar-refractivity contribution in [3.63, 3.8) is 0 Å². The number of aliphatic hydroxyl groups excluding tert-OH is 1. The Morgan fingerprint density at radius 1 is 1.15 bits per heavy atom. The Bertz CT molecular complexity index is 661. The van der Waals surface area contributed by atoms with E-state index in [0.29, 0.717) is 16.3 Å². The van der Waals surface area contributed by atoms with Crippen LogP contribution in [-0.2, 0) is 6.61 Å². The first kappa shape index (κ1) is 14.6. The number of hydrogen-bond donors (Lipinski definition) is 1. The first-order chi connectivity index (χ1) is 9.51. The van der Waals surface area contributed by atoms with Gasteiger partial charge in [0.15, 0.2) is 0 Å². The highest BCUT2D eigenvalue weighted by molar-refractivity contribution is 6.32. The zero-order valence-corrected chi connectivity index (χ0v) is 11.6. The van der Waals surface area contributed by atoms with Crippen LogP contribution >= 0.6 is 23.2 Å². The molecule has 5 nitrogen and oxygen atoms in total. The van der Waals surface area contributed by atoms with Crippen molar-refractivity contribution in [3.05, 3.63) is 62.1 Å². The van der Waals surface area contributed by atoms with Gasteiger partial charge in [0.1, 0.15) is 11.5 Å². The van der Waals surface area contributed by atoms with Gasteiger partial charge in [-0.1, -0.05) is 29.3 Å². The van der Waals surface area contributed by atoms with E-state index in [1.165, 1.54) is 24.3 Å². The smallest absolute Gasteiger partial charge is 0.271 e. The molecule has 0 saturated heterocycles. The fraction of sp³-hybridized carbons (Fsp3) is 0.0769. The molecule has 0 unspecified atom stereocenters. The molecule has 0 fully saturated rings. The van der Waals surface area contributed by atoms with Gasteiger partial charge in [-0.15, -0.1) is 0 Å². The Kier molecular flexibility index (Phi) is 4.44. The minimum atomic E-state index is -0.547. The fourth-order valence-electron chi connectivity index (χ4n) is 1.56. The second-order valence-corrected chi connectivity index (χ2v) is 4.73. The Labute approximate surface area is 124 Å². The number of nitro benzene ring substituents is 1. The van der Waals surface area contributed by atoms with Crippen LogP contribution in [0.25, 0.3) is 0 Å². The number of hydrogen-bond acceptors (Lipinski definition) is 4. The number of non-ortho nitro benzene ring substituents is 1. The molecule has 1 N–H and O–H groups in total. The number of nitrogens with zero attached hydrogens (tertiary/aromatic N) is 1. The van der Waals surface area contributed by atoms with Crippen LogP contribution in [0.1, 0.15) is 5.56 Å². The van der Waals surface area contributed by atoms with Crippen LogP contribution in [0.3, 0.4) is 0 Å². The average Bonchev–Trinajstić information content (AvgIpc) is 2.41. The van der Waals surface area contributed by atoms with Crippen LogP contribution in [0.5, 0.6) is 11.5 Å². The summed E-state index contributed by atoms with van der Waals surface area (Å²) < 4.78 is 5.55. The second-order valence-electron chi connectivity index (χ2n) is 3.88. The highest BCUT2D eigenvalue weighted by atomic mass is 35.5. The van der Waals surface area contributed by atoms with Gasteiger partial charge in [0.05, 0.1) is 16.6 Å². The molecule has 2 aromatic carbocycles. The van der Waals surface area contributed by atoms with Gasteiger partial charge in [-0.05, 0) is 18.2 Å². The van der Waals surface area contributed by atoms with E-state index in [-0.39, 0.29) is 23.1 Å². The van der Waals surface area contributed by atoms with Crippen LogP contribution in [0.15, 0.2) is 36.4 Å². The van der Waals surface area contributed by atoms with Gasteiger partial charge in [-0.2, -0.15) is 0 Å². The Hall–Kier alpha value is -1.82. The lowest BCUT2D eigenvalue weighted by atomic mass is 10.2. The molecule has 2 rings (SSSR count). The number of halogens is 2. The van der Waals surface area contributed by atoms with Crippen LogP contribution < -0.4 is 4.74 Å². The average molecular weight is 314 g/mol. The van der Waals surface area contributed by atoms with E-state index in [4.69, 9.17) is 27.9 Å². The second kappa shape index (κ2) is 6.09. The zero-order valence-electron chi connectivity index (χ0n) is 10.0. The predicted octanol–water partition coefficient (Wildman–Crippen LogP) is 4.19. The summed E-state index contributed by atoms with van der Waals surface area (Å²) in [5.41, 5.74) is 0.402. The summed E-state index contributed by atoms with van der Waals surface area (Å²) in [6.45, 7) is -0.225. The minimum absolute atomic E-state index is 0.100. The van der Waals surface area contributed by atoms with Crippen molar-refractivity contribution in [3.8, 4) is 11.5 Å². The van der Waals surface area contributed by atoms with Crippen LogP contribution in [0, 0.1) is 10.1 Å². The van der Waals surface area contributed by atoms with Gasteiger partial charge >= 0.3 is 0 Å². The largest absolute Gasteiger partial charge is 0.455 e. The number of ether oxygens (including phenoxy) is 1. The Morgan fingerprint density at radius 2 is 1.90 bits per heavy atom. The summed E-state index contributed by atoms with van der Waals surface area (Å²) in [6, 6.07) is 8.65. The molecular weight excluding hydrogens is 305 g/mol. The monoisotopic (exact) mass is 313 g/mol. The van der Waals surface area contributed by atoms with Gasteiger partial charge in [-0.3, -0.25) is 10.1 Å². The SMILES string of the molecule is O=[N+]([O-])c1ccc(Oc2cc(Cl)ccc2CO)c(Cl)c1. The predicted molar refractivity (Wildman–Crippen MR) is 75.6 cm³/mol. The molecule has 0 spiro atoms. The van der Waals surface area contributed by atoms with E-state index in [1.54, 1.807) is 12.1 Å². The van der Waals surface area contributed by atoms with Crippen molar-refractivity contribution in [2.75, 3.05) is 0 Å². The van der Waals surface area contributed by atoms with Gasteiger partial charge in [0.2, 0.25) is 0 Å². The van der Waals surface area contributed by atoms with E-state index < -0.39 is 4.92 Å². The first-order valence-corrected chi connectivity index (χ1v) is 6.28. The molecule has 0 aliphatic heterocycles. The molecule has 20 heavy (non-hydrogen) atoms. The molecule has 0 aliphatic carbocycles. The summed E-state index contributed by atoms with van der Waals surface area (Å²) in [4.78, 5) is 10.1. The fourth-order valence-corrected chi connectivity index (χ4v) is 1.93. The Balaban J connectivity index is 2.35. The topological polar surface area (TPSA) is 72.6 Å². The quantitative estimate of drug-likeness (QED) is 0.678. The molecule has 0 atom stereocenters. The third-order valence-corrected chi connectivity index (χ3v) is 3.08. The zero-order chi connectivity index (χ0) is 14.7. The Morgan fingerprint density at radius 3 is 2.50 bits per heavy atom. The van der Waals surface area contributed by atoms with E-state index in [0.717, 1.165) is 0 Å². The molecule has 0 amide bonds. The molecule has 0 bridgehead atoms. The van der Waals surface area contributed by atoms with E-state index in [2.05, 4.69) is 0 Å². The summed E-state index contributed by atoms with van der Waals surface area (Å²) in [5, 5.41) is 20.4. The van der Waals surface area contributed by atoms with Gasteiger partial charge in [0, 0.05) is 22.7 Å². The van der Waals surface area contributed by atoms with E-state index in [9.17, 15) is 15.2 Å². The van der Waals surface area contributed by atoms with Crippen molar-refractivity contribution in [2.45, 2.75) is 6.61 Å². The highest BCUT2D eigenvalue weighted by Gasteiger charge is 2.12. The maximum Gasteiger partial charge on any atom is 0.271 e. The molecule has 0 radical (unpaired) electrons. The maximum absolute atomic E-state index is 10.6. The number of rotatable bonds is 4. The molecule has 104 valence electrons. The lowest BCUT2D eigenvalue weighted by Crippen LogP contribution is -1.93. The maximum atomic E-state index is 10.6. The normalized spacial score (nSPS) is 10.3. The highest BCUT2D eigenvalue weighted by Crippen LogP contribution is 2.34. The van der Waals surface area contributed by atoms with Crippen molar-refractivity contribution in [2.24, 2.45) is 0 Å². The summed E-state index contributed by atoms with van der Waals surface area (Å²) in [5.74, 6) is 0.588. The molecule has 0 saturated carbocycles. The standard InChI is InChI=1S/C13H9Cl2NO4/c14-9-2-1-8(7-17)13(5-9)20-12-4-3-10(16(18)19)6-11(12)15/h1-6,17H,7H2. The van der Waals surface area contributed by atoms with Crippen molar-refractivity contribution >= 4 is 28.9 Å². The van der Waals surface area contributed by atoms with Crippen molar-refractivity contribution < 1.29 is 14.8 Å². The lowest BCUT2D eigenvalue weighted by molar-refractivity contribution is -0.384. The van der Waals surface area contributed by atoms with Crippen LogP contribution in [-0.4, -0.2) is 10.0 Å². The van der Waals surface area contributed by atoms with Crippen molar-refractivity contribution in [1.82, 2.24) is 0 Å². The third-order valence-electron chi connectivity index (χ3n) is 2.55. The molecule has 0 aromatic heterocycles.